The van der Waals surface area contributed by atoms with Crippen LogP contribution in [-0.2, 0) is 4.74 Å². The van der Waals surface area contributed by atoms with Crippen LogP contribution in [0.3, 0.4) is 0 Å². The number of ether oxygens (including phenoxy) is 1. The van der Waals surface area contributed by atoms with Crippen molar-refractivity contribution < 1.29 is 4.74 Å². The normalized spacial score (nSPS) is 41.1. The first-order valence-corrected chi connectivity index (χ1v) is 7.26. The van der Waals surface area contributed by atoms with Crippen molar-refractivity contribution in [2.75, 3.05) is 0 Å². The summed E-state index contributed by atoms with van der Waals surface area (Å²) in [7, 11) is 0. The molecule has 5 atom stereocenters. The van der Waals surface area contributed by atoms with E-state index in [1.165, 1.54) is 24.8 Å². The topological polar surface area (TPSA) is 21.3 Å². The minimum absolute atomic E-state index is 0.354. The molecule has 0 spiro atoms. The number of thiocarbonyl (C=S) groups is 1. The van der Waals surface area contributed by atoms with Gasteiger partial charge in [-0.25, -0.2) is 0 Å². The molecular formula is C15H17NOS. The zero-order valence-corrected chi connectivity index (χ0v) is 11.0. The van der Waals surface area contributed by atoms with E-state index in [0.29, 0.717) is 23.2 Å². The average Bonchev–Trinajstić information content (AvgIpc) is 3.00. The Bertz CT molecular complexity index is 475. The molecule has 1 heterocycles. The van der Waals surface area contributed by atoms with Gasteiger partial charge in [0.05, 0.1) is 6.04 Å². The number of hydrogen-bond acceptors (Lipinski definition) is 2. The fraction of sp³-hybridized carbons (Fsp3) is 0.533. The summed E-state index contributed by atoms with van der Waals surface area (Å²) in [6.07, 6.45) is 4.40. The smallest absolute Gasteiger partial charge is 0.257 e. The monoisotopic (exact) mass is 259 g/mol. The van der Waals surface area contributed by atoms with Crippen molar-refractivity contribution in [3.05, 3.63) is 35.9 Å². The Morgan fingerprint density at radius 1 is 1.11 bits per heavy atom. The van der Waals surface area contributed by atoms with Gasteiger partial charge in [-0.15, -0.1) is 0 Å². The van der Waals surface area contributed by atoms with Crippen LogP contribution in [-0.4, -0.2) is 11.3 Å². The van der Waals surface area contributed by atoms with Gasteiger partial charge in [-0.2, -0.15) is 0 Å². The Morgan fingerprint density at radius 3 is 2.72 bits per heavy atom. The Balaban J connectivity index is 1.71. The third kappa shape index (κ3) is 1.50. The number of benzene rings is 1. The van der Waals surface area contributed by atoms with Crippen LogP contribution in [0.2, 0.25) is 0 Å². The molecule has 2 bridgehead atoms. The molecule has 3 heteroatoms. The van der Waals surface area contributed by atoms with Crippen LogP contribution in [0.15, 0.2) is 30.3 Å². The first-order valence-electron chi connectivity index (χ1n) is 6.85. The quantitative estimate of drug-likeness (QED) is 0.783. The zero-order valence-electron chi connectivity index (χ0n) is 10.2. The first kappa shape index (κ1) is 10.8. The molecule has 1 N–H and O–H groups in total. The number of fused-ring (bicyclic) bond motifs is 5. The molecule has 5 unspecified atom stereocenters. The molecule has 2 aliphatic carbocycles. The average molecular weight is 259 g/mol. The van der Waals surface area contributed by atoms with E-state index in [0.717, 1.165) is 11.8 Å². The lowest BCUT2D eigenvalue weighted by Gasteiger charge is -2.42. The summed E-state index contributed by atoms with van der Waals surface area (Å²) < 4.78 is 5.92. The Kier molecular flexibility index (Phi) is 2.37. The summed E-state index contributed by atoms with van der Waals surface area (Å²) in [5, 5.41) is 3.99. The van der Waals surface area contributed by atoms with Crippen molar-refractivity contribution in [2.24, 2.45) is 17.8 Å². The molecule has 3 aliphatic rings. The summed E-state index contributed by atoms with van der Waals surface area (Å²) in [5.74, 6) is 2.17. The van der Waals surface area contributed by atoms with Crippen molar-refractivity contribution in [1.82, 2.24) is 5.32 Å². The van der Waals surface area contributed by atoms with Crippen LogP contribution < -0.4 is 5.32 Å². The molecule has 2 saturated carbocycles. The Morgan fingerprint density at radius 2 is 1.89 bits per heavy atom. The van der Waals surface area contributed by atoms with E-state index < -0.39 is 0 Å². The van der Waals surface area contributed by atoms with Gasteiger partial charge in [-0.3, -0.25) is 0 Å². The molecule has 0 amide bonds. The van der Waals surface area contributed by atoms with Crippen molar-refractivity contribution in [2.45, 2.75) is 31.4 Å². The SMILES string of the molecule is S=C1NC(c2ccccc2)C2C3CCC(C3)C2O1. The van der Waals surface area contributed by atoms with E-state index in [-0.39, 0.29) is 0 Å². The molecule has 0 aromatic heterocycles. The van der Waals surface area contributed by atoms with Crippen LogP contribution in [0.25, 0.3) is 0 Å². The summed E-state index contributed by atoms with van der Waals surface area (Å²) in [6, 6.07) is 11.0. The van der Waals surface area contributed by atoms with E-state index >= 15 is 0 Å². The largest absolute Gasteiger partial charge is 0.467 e. The number of hydrogen-bond donors (Lipinski definition) is 1. The molecule has 1 aromatic rings. The van der Waals surface area contributed by atoms with Crippen LogP contribution in [0, 0.1) is 17.8 Å². The lowest BCUT2D eigenvalue weighted by molar-refractivity contribution is 0.0248. The van der Waals surface area contributed by atoms with Gasteiger partial charge < -0.3 is 10.1 Å². The van der Waals surface area contributed by atoms with Crippen LogP contribution >= 0.6 is 12.2 Å². The maximum absolute atomic E-state index is 5.92. The summed E-state index contributed by atoms with van der Waals surface area (Å²) in [6.45, 7) is 0. The van der Waals surface area contributed by atoms with Gasteiger partial charge >= 0.3 is 0 Å². The highest BCUT2D eigenvalue weighted by molar-refractivity contribution is 7.80. The molecule has 3 fully saturated rings. The highest BCUT2D eigenvalue weighted by atomic mass is 32.1. The van der Waals surface area contributed by atoms with E-state index in [2.05, 4.69) is 35.6 Å². The second-order valence-electron chi connectivity index (χ2n) is 5.81. The van der Waals surface area contributed by atoms with Crippen LogP contribution in [0.1, 0.15) is 30.9 Å². The molecule has 0 radical (unpaired) electrons. The molecule has 94 valence electrons. The van der Waals surface area contributed by atoms with E-state index in [1.807, 2.05) is 0 Å². The van der Waals surface area contributed by atoms with Crippen LogP contribution in [0.4, 0.5) is 0 Å². The molecule has 18 heavy (non-hydrogen) atoms. The predicted molar refractivity (Wildman–Crippen MR) is 74.1 cm³/mol. The van der Waals surface area contributed by atoms with Crippen molar-refractivity contribution >= 4 is 17.4 Å². The third-order valence-electron chi connectivity index (χ3n) is 4.96. The zero-order chi connectivity index (χ0) is 12.1. The van der Waals surface area contributed by atoms with Gasteiger partial charge in [0.1, 0.15) is 6.10 Å². The third-order valence-corrected chi connectivity index (χ3v) is 5.18. The summed E-state index contributed by atoms with van der Waals surface area (Å²) in [5.41, 5.74) is 1.35. The number of nitrogens with one attached hydrogen (secondary N) is 1. The lowest BCUT2D eigenvalue weighted by Crippen LogP contribution is -2.49. The minimum atomic E-state index is 0.354. The van der Waals surface area contributed by atoms with Gasteiger partial charge in [0.25, 0.3) is 5.17 Å². The molecule has 1 aliphatic heterocycles. The maximum Gasteiger partial charge on any atom is 0.257 e. The fourth-order valence-electron chi connectivity index (χ4n) is 4.27. The fourth-order valence-corrected chi connectivity index (χ4v) is 4.50. The minimum Gasteiger partial charge on any atom is -0.467 e. The number of rotatable bonds is 1. The molecule has 1 saturated heterocycles. The van der Waals surface area contributed by atoms with Crippen molar-refractivity contribution in [3.8, 4) is 0 Å². The molecule has 4 rings (SSSR count). The van der Waals surface area contributed by atoms with E-state index in [4.69, 9.17) is 17.0 Å². The van der Waals surface area contributed by atoms with Crippen molar-refractivity contribution in [3.63, 3.8) is 0 Å². The lowest BCUT2D eigenvalue weighted by atomic mass is 9.78. The standard InChI is InChI=1S/C15H17NOS/c18-15-16-13(9-4-2-1-3-5-9)12-10-6-7-11(8-10)14(12)17-15/h1-5,10-14H,6-8H2,(H,16,18). The molecule has 2 nitrogen and oxygen atoms in total. The highest BCUT2D eigenvalue weighted by Crippen LogP contribution is 2.55. The maximum atomic E-state index is 5.92. The van der Waals surface area contributed by atoms with Gasteiger partial charge in [0, 0.05) is 5.92 Å². The molecular weight excluding hydrogens is 242 g/mol. The van der Waals surface area contributed by atoms with Crippen molar-refractivity contribution in [1.29, 1.82) is 0 Å². The van der Waals surface area contributed by atoms with E-state index in [9.17, 15) is 0 Å². The van der Waals surface area contributed by atoms with Gasteiger partial charge in [-0.05, 0) is 48.9 Å². The van der Waals surface area contributed by atoms with Gasteiger partial charge in [0.2, 0.25) is 0 Å². The van der Waals surface area contributed by atoms with Crippen LogP contribution in [0.5, 0.6) is 0 Å². The molecule has 1 aromatic carbocycles. The van der Waals surface area contributed by atoms with E-state index in [1.54, 1.807) is 0 Å². The summed E-state index contributed by atoms with van der Waals surface area (Å²) in [4.78, 5) is 0. The Hall–Kier alpha value is -1.09. The van der Waals surface area contributed by atoms with Gasteiger partial charge in [-0.1, -0.05) is 30.3 Å². The Labute approximate surface area is 113 Å². The highest BCUT2D eigenvalue weighted by Gasteiger charge is 2.54. The first-order chi connectivity index (χ1) is 8.83. The summed E-state index contributed by atoms with van der Waals surface area (Å²) >= 11 is 5.29. The predicted octanol–water partition coefficient (Wildman–Crippen LogP) is 3.05. The second kappa shape index (κ2) is 3.95. The second-order valence-corrected chi connectivity index (χ2v) is 6.18. The van der Waals surface area contributed by atoms with Gasteiger partial charge in [0.15, 0.2) is 0 Å².